The molecule has 0 spiro atoms. The molecule has 2 aromatic carbocycles. The lowest BCUT2D eigenvalue weighted by molar-refractivity contribution is -0.136. The Morgan fingerprint density at radius 3 is 2.08 bits per heavy atom. The minimum atomic E-state index is -0.173. The van der Waals surface area contributed by atoms with E-state index in [0.29, 0.717) is 17.7 Å². The molecule has 36 heavy (non-hydrogen) atoms. The van der Waals surface area contributed by atoms with Crippen molar-refractivity contribution < 1.29 is 9.59 Å². The van der Waals surface area contributed by atoms with E-state index in [2.05, 4.69) is 60.7 Å². The van der Waals surface area contributed by atoms with Gasteiger partial charge in [0.05, 0.1) is 11.1 Å². The van der Waals surface area contributed by atoms with Crippen LogP contribution in [0.3, 0.4) is 0 Å². The van der Waals surface area contributed by atoms with Crippen LogP contribution in [0.15, 0.2) is 131 Å². The maximum absolute atomic E-state index is 14.0. The molecule has 7 rings (SSSR count). The number of fused-ring (bicyclic) bond motifs is 3. The molecule has 3 nitrogen and oxygen atoms in total. The van der Waals surface area contributed by atoms with E-state index < -0.39 is 0 Å². The highest BCUT2D eigenvalue weighted by Gasteiger charge is 2.53. The normalized spacial score (nSPS) is 23.8. The lowest BCUT2D eigenvalue weighted by atomic mass is 9.70. The van der Waals surface area contributed by atoms with Crippen molar-refractivity contribution in [2.24, 2.45) is 11.8 Å². The van der Waals surface area contributed by atoms with Gasteiger partial charge in [-0.25, -0.2) is 0 Å². The van der Waals surface area contributed by atoms with Gasteiger partial charge in [-0.3, -0.25) is 14.5 Å². The van der Waals surface area contributed by atoms with Crippen molar-refractivity contribution in [3.63, 3.8) is 0 Å². The minimum absolute atomic E-state index is 0.0872. The third-order valence-electron chi connectivity index (χ3n) is 7.89. The third kappa shape index (κ3) is 2.74. The van der Waals surface area contributed by atoms with E-state index in [9.17, 15) is 9.59 Å². The van der Waals surface area contributed by atoms with Crippen molar-refractivity contribution >= 4 is 23.0 Å². The van der Waals surface area contributed by atoms with Gasteiger partial charge in [-0.05, 0) is 51.0 Å². The van der Waals surface area contributed by atoms with Gasteiger partial charge in [0.25, 0.3) is 11.8 Å². The Morgan fingerprint density at radius 2 is 1.36 bits per heavy atom. The van der Waals surface area contributed by atoms with E-state index >= 15 is 0 Å². The van der Waals surface area contributed by atoms with Gasteiger partial charge in [-0.2, -0.15) is 0 Å². The SMILES string of the molecule is CCCN1C(=O)C2=C(c3ccccc3)C3=C4C=CC=C5C=CC=C(C54)C3C(c3ccccc3)=C2C1=O. The number of benzene rings is 2. The molecule has 3 heteroatoms. The minimum Gasteiger partial charge on any atom is -0.274 e. The molecule has 1 fully saturated rings. The summed E-state index contributed by atoms with van der Waals surface area (Å²) in [6.07, 6.45) is 13.8. The number of nitrogens with zero attached hydrogens (tertiary/aromatic N) is 1. The molecule has 1 aliphatic heterocycles. The van der Waals surface area contributed by atoms with Crippen molar-refractivity contribution in [3.8, 4) is 0 Å². The zero-order valence-corrected chi connectivity index (χ0v) is 20.1. The van der Waals surface area contributed by atoms with Crippen molar-refractivity contribution in [2.75, 3.05) is 6.54 Å². The van der Waals surface area contributed by atoms with E-state index in [1.807, 2.05) is 43.3 Å². The van der Waals surface area contributed by atoms with Crippen LogP contribution >= 0.6 is 0 Å². The van der Waals surface area contributed by atoms with Crippen molar-refractivity contribution in [2.45, 2.75) is 13.3 Å². The van der Waals surface area contributed by atoms with E-state index in [0.717, 1.165) is 28.7 Å². The molecule has 1 saturated heterocycles. The smallest absolute Gasteiger partial charge is 0.262 e. The highest BCUT2D eigenvalue weighted by atomic mass is 16.2. The molecule has 174 valence electrons. The molecule has 1 heterocycles. The van der Waals surface area contributed by atoms with Crippen molar-refractivity contribution in [1.29, 1.82) is 0 Å². The first-order valence-electron chi connectivity index (χ1n) is 12.7. The van der Waals surface area contributed by atoms with Gasteiger partial charge in [0.15, 0.2) is 0 Å². The summed E-state index contributed by atoms with van der Waals surface area (Å²) < 4.78 is 0. The molecule has 2 amide bonds. The summed E-state index contributed by atoms with van der Waals surface area (Å²) in [6.45, 7) is 2.43. The monoisotopic (exact) mass is 467 g/mol. The Labute approximate surface area is 210 Å². The molecule has 0 aromatic heterocycles. The number of allylic oxidation sites excluding steroid dienone is 12. The topological polar surface area (TPSA) is 37.4 Å². The second-order valence-electron chi connectivity index (χ2n) is 9.82. The second-order valence-corrected chi connectivity index (χ2v) is 9.82. The molecule has 2 atom stereocenters. The summed E-state index contributed by atoms with van der Waals surface area (Å²) in [7, 11) is 0. The van der Waals surface area contributed by atoms with Crippen LogP contribution < -0.4 is 0 Å². The number of hydrogen-bond donors (Lipinski definition) is 0. The largest absolute Gasteiger partial charge is 0.274 e. The van der Waals surface area contributed by atoms with Crippen LogP contribution in [0, 0.1) is 11.8 Å². The number of likely N-dealkylation sites (tertiary alicyclic amines) is 1. The lowest BCUT2D eigenvalue weighted by Gasteiger charge is -2.31. The van der Waals surface area contributed by atoms with E-state index in [1.165, 1.54) is 27.2 Å². The quantitative estimate of drug-likeness (QED) is 0.501. The Bertz CT molecular complexity index is 1560. The van der Waals surface area contributed by atoms with Crippen LogP contribution in [0.5, 0.6) is 0 Å². The molecular weight excluding hydrogens is 442 g/mol. The predicted octanol–water partition coefficient (Wildman–Crippen LogP) is 6.22. The third-order valence-corrected chi connectivity index (χ3v) is 7.89. The maximum atomic E-state index is 14.0. The molecule has 2 unspecified atom stereocenters. The first-order valence-corrected chi connectivity index (χ1v) is 12.7. The van der Waals surface area contributed by atoms with Gasteiger partial charge < -0.3 is 0 Å². The standard InChI is InChI=1S/C33H25NO2/c1-2-19-34-32(35)30-26(21-11-5-3-6-12-21)28-23-17-9-15-20-16-10-18-24(25(20)23)29(28)27(31(30)33(34)36)22-13-7-4-8-14-22/h3-18,25,28H,2,19H2,1H3. The number of hydrogen-bond acceptors (Lipinski definition) is 2. The second kappa shape index (κ2) is 7.89. The van der Waals surface area contributed by atoms with Crippen LogP contribution in [0.25, 0.3) is 11.1 Å². The molecule has 5 aliphatic rings. The predicted molar refractivity (Wildman–Crippen MR) is 142 cm³/mol. The Morgan fingerprint density at radius 1 is 0.694 bits per heavy atom. The van der Waals surface area contributed by atoms with Crippen molar-refractivity contribution in [3.05, 3.63) is 142 Å². The average Bonchev–Trinajstić information content (AvgIpc) is 3.38. The fourth-order valence-corrected chi connectivity index (χ4v) is 6.56. The van der Waals surface area contributed by atoms with E-state index in [-0.39, 0.29) is 23.7 Å². The van der Waals surface area contributed by atoms with Crippen LogP contribution in [0.2, 0.25) is 0 Å². The highest BCUT2D eigenvalue weighted by molar-refractivity contribution is 6.33. The summed E-state index contributed by atoms with van der Waals surface area (Å²) in [5.74, 6) is -0.278. The lowest BCUT2D eigenvalue weighted by Crippen LogP contribution is -2.30. The van der Waals surface area contributed by atoms with E-state index in [4.69, 9.17) is 0 Å². The van der Waals surface area contributed by atoms with Crippen LogP contribution in [0.1, 0.15) is 24.5 Å². The van der Waals surface area contributed by atoms with Gasteiger partial charge >= 0.3 is 0 Å². The first kappa shape index (κ1) is 21.1. The number of rotatable bonds is 4. The summed E-state index contributed by atoms with van der Waals surface area (Å²) in [5, 5.41) is 0. The zero-order chi connectivity index (χ0) is 24.4. The fraction of sp³-hybridized carbons (Fsp3) is 0.152. The molecule has 0 N–H and O–H groups in total. The van der Waals surface area contributed by atoms with Gasteiger partial charge in [0, 0.05) is 18.4 Å². The summed E-state index contributed by atoms with van der Waals surface area (Å²) in [4.78, 5) is 29.5. The first-order chi connectivity index (χ1) is 17.7. The van der Waals surface area contributed by atoms with Crippen LogP contribution in [-0.4, -0.2) is 23.3 Å². The van der Waals surface area contributed by atoms with Gasteiger partial charge in [-0.1, -0.05) is 104 Å². The molecule has 0 saturated carbocycles. The van der Waals surface area contributed by atoms with E-state index in [1.54, 1.807) is 0 Å². The number of imide groups is 1. The number of carbonyl (C=O) groups is 2. The van der Waals surface area contributed by atoms with Crippen LogP contribution in [0.4, 0.5) is 0 Å². The highest BCUT2D eigenvalue weighted by Crippen LogP contribution is 2.61. The number of amides is 2. The molecular formula is C33H25NO2. The summed E-state index contributed by atoms with van der Waals surface area (Å²) in [5.41, 5.74) is 9.97. The fourth-order valence-electron chi connectivity index (χ4n) is 6.56. The maximum Gasteiger partial charge on any atom is 0.262 e. The van der Waals surface area contributed by atoms with Gasteiger partial charge in [-0.15, -0.1) is 0 Å². The molecule has 0 bridgehead atoms. The molecule has 4 aliphatic carbocycles. The average molecular weight is 468 g/mol. The molecule has 2 aromatic rings. The Balaban J connectivity index is 1.64. The van der Waals surface area contributed by atoms with Crippen molar-refractivity contribution in [1.82, 2.24) is 4.90 Å². The van der Waals surface area contributed by atoms with Gasteiger partial charge in [0.1, 0.15) is 0 Å². The van der Waals surface area contributed by atoms with Gasteiger partial charge in [0.2, 0.25) is 0 Å². The Hall–Kier alpha value is -4.24. The Kier molecular flexibility index (Phi) is 4.62. The van der Waals surface area contributed by atoms with Crippen LogP contribution in [-0.2, 0) is 9.59 Å². The number of carbonyl (C=O) groups excluding carboxylic acids is 2. The molecule has 0 radical (unpaired) electrons. The summed E-state index contributed by atoms with van der Waals surface area (Å²) >= 11 is 0. The zero-order valence-electron chi connectivity index (χ0n) is 20.1. The summed E-state index contributed by atoms with van der Waals surface area (Å²) in [6, 6.07) is 20.3.